The summed E-state index contributed by atoms with van der Waals surface area (Å²) in [7, 11) is 0. The van der Waals surface area contributed by atoms with Crippen molar-refractivity contribution in [2.75, 3.05) is 0 Å². The molecule has 0 aliphatic heterocycles. The molecule has 4 aromatic rings. The highest BCUT2D eigenvalue weighted by Crippen LogP contribution is 2.35. The Kier molecular flexibility index (Phi) is 4.03. The molecule has 0 unspecified atom stereocenters. The van der Waals surface area contributed by atoms with Gasteiger partial charge in [-0.1, -0.05) is 30.3 Å². The number of para-hydroxylation sites is 1. The highest BCUT2D eigenvalue weighted by atomic mass is 16.5. The molecule has 27 heavy (non-hydrogen) atoms. The quantitative estimate of drug-likeness (QED) is 0.495. The summed E-state index contributed by atoms with van der Waals surface area (Å²) < 4.78 is 5.80. The third kappa shape index (κ3) is 3.10. The van der Waals surface area contributed by atoms with Crippen LogP contribution in [0.1, 0.15) is 0 Å². The number of aromatic amines is 1. The summed E-state index contributed by atoms with van der Waals surface area (Å²) in [5, 5.41) is 20.0. The predicted molar refractivity (Wildman–Crippen MR) is 103 cm³/mol. The number of pyridine rings is 1. The van der Waals surface area contributed by atoms with E-state index in [9.17, 15) is 9.90 Å². The first-order valence-electron chi connectivity index (χ1n) is 8.23. The number of diazo groups is 1. The van der Waals surface area contributed by atoms with Crippen molar-refractivity contribution < 1.29 is 9.84 Å². The van der Waals surface area contributed by atoms with E-state index in [4.69, 9.17) is 10.1 Å². The van der Waals surface area contributed by atoms with Gasteiger partial charge < -0.3 is 14.8 Å². The lowest BCUT2D eigenvalue weighted by Gasteiger charge is -2.10. The Labute approximate surface area is 153 Å². The van der Waals surface area contributed by atoms with Crippen molar-refractivity contribution in [2.24, 2.45) is 0 Å². The first-order chi connectivity index (χ1) is 13.2. The van der Waals surface area contributed by atoms with Crippen LogP contribution in [-0.2, 0) is 0 Å². The van der Waals surface area contributed by atoms with Gasteiger partial charge in [0.15, 0.2) is 4.98 Å². The second-order valence-electron chi connectivity index (χ2n) is 5.95. The molecule has 1 aromatic heterocycles. The van der Waals surface area contributed by atoms with E-state index in [1.165, 1.54) is 6.07 Å². The van der Waals surface area contributed by atoms with Crippen LogP contribution in [0.5, 0.6) is 17.2 Å². The van der Waals surface area contributed by atoms with Crippen LogP contribution >= 0.6 is 0 Å². The second kappa shape index (κ2) is 6.65. The van der Waals surface area contributed by atoms with Crippen LogP contribution in [0, 0.1) is 5.39 Å². The van der Waals surface area contributed by atoms with Crippen LogP contribution in [-0.4, -0.2) is 10.1 Å². The zero-order valence-corrected chi connectivity index (χ0v) is 14.1. The number of nitrogens with zero attached hydrogens (tertiary/aromatic N) is 2. The molecule has 0 spiro atoms. The van der Waals surface area contributed by atoms with E-state index in [0.29, 0.717) is 28.0 Å². The van der Waals surface area contributed by atoms with E-state index in [1.54, 1.807) is 36.4 Å². The molecule has 6 heteroatoms. The van der Waals surface area contributed by atoms with Gasteiger partial charge in [0.2, 0.25) is 5.39 Å². The number of hydrogen-bond acceptors (Lipinski definition) is 4. The Morgan fingerprint density at radius 2 is 1.70 bits per heavy atom. The number of rotatable bonds is 3. The summed E-state index contributed by atoms with van der Waals surface area (Å²) in [6.45, 7) is 0. The standard InChI is InChI=1S/C21H13N3O3/c22-24-14-9-10-17-18(12-14)23-21(26)19(20(17)25)13-5-4-8-16(11-13)27-15-6-2-1-3-7-15/h1-12H,(H-,23,25,26)/p+1. The maximum atomic E-state index is 12.6. The summed E-state index contributed by atoms with van der Waals surface area (Å²) in [6, 6.07) is 20.9. The van der Waals surface area contributed by atoms with Gasteiger partial charge in [0, 0.05) is 11.5 Å². The first kappa shape index (κ1) is 16.4. The monoisotopic (exact) mass is 356 g/mol. The van der Waals surface area contributed by atoms with Crippen LogP contribution in [0.4, 0.5) is 5.69 Å². The summed E-state index contributed by atoms with van der Waals surface area (Å²) in [4.78, 5) is 18.4. The molecular weight excluding hydrogens is 342 g/mol. The lowest BCUT2D eigenvalue weighted by molar-refractivity contribution is 0.480. The number of aromatic nitrogens is 1. The maximum absolute atomic E-state index is 12.6. The summed E-state index contributed by atoms with van der Waals surface area (Å²) >= 11 is 0. The number of ether oxygens (including phenoxy) is 1. The Hall–Kier alpha value is -4.11. The van der Waals surface area contributed by atoms with Crippen LogP contribution < -0.4 is 10.3 Å². The zero-order valence-electron chi connectivity index (χ0n) is 14.1. The molecule has 0 radical (unpaired) electrons. The minimum atomic E-state index is -0.452. The van der Waals surface area contributed by atoms with Crippen molar-refractivity contribution in [3.05, 3.63) is 88.1 Å². The van der Waals surface area contributed by atoms with Gasteiger partial charge in [-0.3, -0.25) is 4.79 Å². The van der Waals surface area contributed by atoms with Crippen LogP contribution in [0.2, 0.25) is 0 Å². The van der Waals surface area contributed by atoms with Gasteiger partial charge in [0.1, 0.15) is 17.2 Å². The topological polar surface area (TPSA) is 90.5 Å². The fourth-order valence-corrected chi connectivity index (χ4v) is 2.94. The molecule has 0 saturated carbocycles. The Morgan fingerprint density at radius 3 is 2.48 bits per heavy atom. The summed E-state index contributed by atoms with van der Waals surface area (Å²) in [5.74, 6) is 1.08. The third-order valence-corrected chi connectivity index (χ3v) is 4.19. The number of H-pyrrole nitrogens is 1. The Bertz CT molecular complexity index is 1240. The summed E-state index contributed by atoms with van der Waals surface area (Å²) in [5.41, 5.74) is 0.887. The molecule has 1 heterocycles. The van der Waals surface area contributed by atoms with Gasteiger partial charge in [0.25, 0.3) is 5.56 Å². The molecule has 2 N–H and O–H groups in total. The van der Waals surface area contributed by atoms with Crippen molar-refractivity contribution in [1.82, 2.24) is 4.98 Å². The first-order valence-corrected chi connectivity index (χ1v) is 8.23. The van der Waals surface area contributed by atoms with Gasteiger partial charge in [-0.15, -0.1) is 0 Å². The number of benzene rings is 3. The third-order valence-electron chi connectivity index (χ3n) is 4.19. The molecule has 3 aromatic carbocycles. The molecule has 130 valence electrons. The van der Waals surface area contributed by atoms with Gasteiger partial charge in [-0.25, -0.2) is 0 Å². The highest BCUT2D eigenvalue weighted by Gasteiger charge is 2.17. The normalized spacial score (nSPS) is 10.5. The molecule has 0 aliphatic carbocycles. The average Bonchev–Trinajstić information content (AvgIpc) is 2.68. The van der Waals surface area contributed by atoms with E-state index < -0.39 is 5.56 Å². The summed E-state index contributed by atoms with van der Waals surface area (Å²) in [6.07, 6.45) is 0. The fourth-order valence-electron chi connectivity index (χ4n) is 2.94. The van der Waals surface area contributed by atoms with Crippen molar-refractivity contribution in [1.29, 1.82) is 5.39 Å². The minimum absolute atomic E-state index is 0.143. The number of nitrogens with one attached hydrogen (secondary N) is 1. The van der Waals surface area contributed by atoms with Gasteiger partial charge >= 0.3 is 5.69 Å². The fraction of sp³-hybridized carbons (Fsp3) is 0. The molecule has 0 saturated heterocycles. The molecule has 6 nitrogen and oxygen atoms in total. The SMILES string of the molecule is N#[N+]c1ccc2c(O)c(-c3cccc(Oc4ccccc4)c3)c(=O)[nH]c2c1. The van der Waals surface area contributed by atoms with Crippen molar-refractivity contribution in [3.63, 3.8) is 0 Å². The Morgan fingerprint density at radius 1 is 0.926 bits per heavy atom. The molecule has 0 atom stereocenters. The molecule has 0 amide bonds. The number of fused-ring (bicyclic) bond motifs is 1. The van der Waals surface area contributed by atoms with E-state index in [-0.39, 0.29) is 17.0 Å². The molecule has 0 aliphatic rings. The van der Waals surface area contributed by atoms with Crippen molar-refractivity contribution in [2.45, 2.75) is 0 Å². The van der Waals surface area contributed by atoms with E-state index in [2.05, 4.69) is 9.96 Å². The van der Waals surface area contributed by atoms with Crippen LogP contribution in [0.25, 0.3) is 27.0 Å². The minimum Gasteiger partial charge on any atom is -0.506 e. The zero-order chi connectivity index (χ0) is 18.8. The van der Waals surface area contributed by atoms with Crippen LogP contribution in [0.15, 0.2) is 77.6 Å². The number of aromatic hydroxyl groups is 1. The lowest BCUT2D eigenvalue weighted by atomic mass is 10.0. The van der Waals surface area contributed by atoms with E-state index in [1.807, 2.05) is 30.3 Å². The number of hydrogen-bond donors (Lipinski definition) is 2. The maximum Gasteiger partial charge on any atom is 0.387 e. The van der Waals surface area contributed by atoms with Crippen LogP contribution in [0.3, 0.4) is 0 Å². The average molecular weight is 356 g/mol. The second-order valence-corrected chi connectivity index (χ2v) is 5.95. The molecule has 0 fully saturated rings. The molecule has 4 rings (SSSR count). The smallest absolute Gasteiger partial charge is 0.387 e. The van der Waals surface area contributed by atoms with Gasteiger partial charge in [-0.05, 0) is 35.9 Å². The van der Waals surface area contributed by atoms with Crippen molar-refractivity contribution >= 4 is 16.6 Å². The largest absolute Gasteiger partial charge is 0.506 e. The van der Waals surface area contributed by atoms with E-state index >= 15 is 0 Å². The Balaban J connectivity index is 1.82. The predicted octanol–water partition coefficient (Wildman–Crippen LogP) is 5.18. The molecule has 0 bridgehead atoms. The van der Waals surface area contributed by atoms with Crippen molar-refractivity contribution in [3.8, 4) is 28.4 Å². The van der Waals surface area contributed by atoms with E-state index in [0.717, 1.165) is 0 Å². The van der Waals surface area contributed by atoms with Gasteiger partial charge in [-0.2, -0.15) is 0 Å². The van der Waals surface area contributed by atoms with Gasteiger partial charge in [0.05, 0.1) is 17.1 Å². The molecular formula is C21H14N3O3+. The lowest BCUT2D eigenvalue weighted by Crippen LogP contribution is -2.09. The highest BCUT2D eigenvalue weighted by molar-refractivity contribution is 5.93.